The molecule has 4 rings (SSSR count). The minimum Gasteiger partial charge on any atom is -0.633 e. The summed E-state index contributed by atoms with van der Waals surface area (Å²) in [4.78, 5) is 20.5. The number of likely N-dealkylation sites (N-methyl/N-ethyl adjacent to an activating group) is 1. The van der Waals surface area contributed by atoms with Gasteiger partial charge < -0.3 is 24.2 Å². The highest BCUT2D eigenvalue weighted by Crippen LogP contribution is 2.43. The molecule has 0 radical (unpaired) electrons. The van der Waals surface area contributed by atoms with Crippen LogP contribution in [0.15, 0.2) is 41.4 Å². The van der Waals surface area contributed by atoms with Gasteiger partial charge in [-0.15, -0.1) is 0 Å². The lowest BCUT2D eigenvalue weighted by Crippen LogP contribution is -2.51. The van der Waals surface area contributed by atoms with Crippen molar-refractivity contribution >= 4 is 11.6 Å². The fourth-order valence-corrected chi connectivity index (χ4v) is 5.64. The van der Waals surface area contributed by atoms with E-state index in [2.05, 4.69) is 13.8 Å². The highest BCUT2D eigenvalue weighted by Gasteiger charge is 2.40. The van der Waals surface area contributed by atoms with Gasteiger partial charge in [-0.25, -0.2) is 0 Å². The molecule has 206 valence electrons. The van der Waals surface area contributed by atoms with Crippen LogP contribution in [0.3, 0.4) is 0 Å². The molecule has 0 aromatic heterocycles. The summed E-state index contributed by atoms with van der Waals surface area (Å²) in [6.07, 6.45) is 4.89. The van der Waals surface area contributed by atoms with Gasteiger partial charge in [-0.1, -0.05) is 38.8 Å². The lowest BCUT2D eigenvalue weighted by Gasteiger charge is -2.48. The number of likely N-dealkylation sites (tertiary alicyclic amines) is 1. The molecule has 0 N–H and O–H groups in total. The van der Waals surface area contributed by atoms with Crippen molar-refractivity contribution in [3.8, 4) is 11.5 Å². The van der Waals surface area contributed by atoms with E-state index in [0.29, 0.717) is 36.8 Å². The maximum absolute atomic E-state index is 13.3. The molecule has 2 aliphatic heterocycles. The zero-order valence-corrected chi connectivity index (χ0v) is 23.7. The Morgan fingerprint density at radius 3 is 2.37 bits per heavy atom. The number of rotatable bonds is 11. The zero-order valence-electron chi connectivity index (χ0n) is 23.7. The number of carbonyl (C=O) groups excluding carboxylic acids is 1. The van der Waals surface area contributed by atoms with Crippen LogP contribution in [-0.2, 0) is 0 Å². The number of benzene rings is 2. The van der Waals surface area contributed by atoms with Gasteiger partial charge in [0.25, 0.3) is 5.91 Å². The van der Waals surface area contributed by atoms with E-state index in [1.807, 2.05) is 48.2 Å². The van der Waals surface area contributed by atoms with Gasteiger partial charge in [0.2, 0.25) is 0 Å². The molecular weight excluding hydrogens is 478 g/mol. The Morgan fingerprint density at radius 2 is 1.76 bits per heavy atom. The van der Waals surface area contributed by atoms with E-state index in [0.717, 1.165) is 67.6 Å². The van der Waals surface area contributed by atoms with E-state index >= 15 is 0 Å². The number of nitrogens with zero attached hydrogens (tertiary/aromatic N) is 3. The molecule has 7 heteroatoms. The first-order valence-corrected chi connectivity index (χ1v) is 14.2. The number of carbonyl (C=O) groups is 1. The van der Waals surface area contributed by atoms with Crippen molar-refractivity contribution in [2.24, 2.45) is 4.99 Å². The second kappa shape index (κ2) is 12.3. The predicted molar refractivity (Wildman–Crippen MR) is 152 cm³/mol. The highest BCUT2D eigenvalue weighted by atomic mass is 16.5. The van der Waals surface area contributed by atoms with Crippen LogP contribution in [0.4, 0.5) is 0 Å². The van der Waals surface area contributed by atoms with Gasteiger partial charge in [0.1, 0.15) is 0 Å². The third-order valence-electron chi connectivity index (χ3n) is 7.79. The third-order valence-corrected chi connectivity index (χ3v) is 7.79. The summed E-state index contributed by atoms with van der Waals surface area (Å²) in [5.41, 5.74) is 4.62. The zero-order chi connectivity index (χ0) is 27.3. The number of ether oxygens (including phenoxy) is 2. The molecule has 2 aromatic carbocycles. The molecule has 0 bridgehead atoms. The summed E-state index contributed by atoms with van der Waals surface area (Å²) in [5, 5.41) is 13.0. The summed E-state index contributed by atoms with van der Waals surface area (Å²) >= 11 is 0. The number of aliphatic imine (C=N–C) groups is 1. The summed E-state index contributed by atoms with van der Waals surface area (Å²) in [6.45, 7) is 9.42. The van der Waals surface area contributed by atoms with Crippen molar-refractivity contribution in [1.29, 1.82) is 0 Å². The van der Waals surface area contributed by atoms with Crippen LogP contribution in [0.2, 0.25) is 0 Å². The van der Waals surface area contributed by atoms with Crippen LogP contribution in [-0.4, -0.2) is 74.2 Å². The molecule has 38 heavy (non-hydrogen) atoms. The Kier molecular flexibility index (Phi) is 9.11. The number of quaternary nitrogens is 1. The maximum atomic E-state index is 13.3. The lowest BCUT2D eigenvalue weighted by molar-refractivity contribution is -0.867. The number of fused-ring (bicyclic) bond motifs is 3. The molecule has 1 amide bonds. The van der Waals surface area contributed by atoms with Crippen LogP contribution < -0.4 is 9.47 Å². The van der Waals surface area contributed by atoms with Gasteiger partial charge in [0.05, 0.1) is 51.5 Å². The van der Waals surface area contributed by atoms with Crippen LogP contribution in [0.1, 0.15) is 85.8 Å². The van der Waals surface area contributed by atoms with Gasteiger partial charge in [0.15, 0.2) is 11.5 Å². The lowest BCUT2D eigenvalue weighted by atomic mass is 9.78. The molecule has 7 nitrogen and oxygen atoms in total. The predicted octanol–water partition coefficient (Wildman–Crippen LogP) is 5.79. The van der Waals surface area contributed by atoms with E-state index in [9.17, 15) is 10.0 Å². The molecule has 0 saturated carbocycles. The largest absolute Gasteiger partial charge is 0.633 e. The summed E-state index contributed by atoms with van der Waals surface area (Å²) < 4.78 is 11.3. The number of amides is 1. The number of methoxy groups -OCH3 is 1. The molecule has 1 saturated heterocycles. The van der Waals surface area contributed by atoms with Crippen LogP contribution in [0, 0.1) is 5.21 Å². The van der Waals surface area contributed by atoms with Crippen molar-refractivity contribution in [1.82, 2.24) is 4.90 Å². The highest BCUT2D eigenvalue weighted by molar-refractivity contribution is 6.15. The summed E-state index contributed by atoms with van der Waals surface area (Å²) in [5.74, 6) is 1.47. The molecule has 0 spiro atoms. The van der Waals surface area contributed by atoms with Crippen molar-refractivity contribution in [3.63, 3.8) is 0 Å². The fraction of sp³-hybridized carbons (Fsp3) is 0.548. The molecule has 1 fully saturated rings. The van der Waals surface area contributed by atoms with Crippen LogP contribution in [0.25, 0.3) is 0 Å². The number of unbranched alkanes of at least 4 members (excludes halogenated alkanes) is 2. The Hall–Kier alpha value is -2.90. The molecule has 2 heterocycles. The van der Waals surface area contributed by atoms with Gasteiger partial charge in [-0.05, 0) is 49.6 Å². The second-order valence-electron chi connectivity index (χ2n) is 10.7. The van der Waals surface area contributed by atoms with Crippen LogP contribution >= 0.6 is 0 Å². The van der Waals surface area contributed by atoms with Gasteiger partial charge in [-0.2, -0.15) is 0 Å². The third kappa shape index (κ3) is 6.05. The van der Waals surface area contributed by atoms with E-state index in [4.69, 9.17) is 14.5 Å². The summed E-state index contributed by atoms with van der Waals surface area (Å²) in [6, 6.07) is 12.0. The Morgan fingerprint density at radius 1 is 1.08 bits per heavy atom. The molecular formula is C31H43N3O4. The average Bonchev–Trinajstić information content (AvgIpc) is 2.92. The molecule has 3 unspecified atom stereocenters. The first-order chi connectivity index (χ1) is 18.3. The smallest absolute Gasteiger partial charge is 0.253 e. The number of hydrogen-bond acceptors (Lipinski definition) is 5. The Labute approximate surface area is 227 Å². The monoisotopic (exact) mass is 521 g/mol. The SMILES string of the molecule is CCCCN(CCCC)C(=O)c1ccc(C2=NC3CC[N+](C)([O-])CC3c3cc(OCC)c(OC)cc32)cc1. The minimum atomic E-state index is -0.259. The number of piperidine rings is 1. The van der Waals surface area contributed by atoms with Gasteiger partial charge in [-0.3, -0.25) is 9.79 Å². The van der Waals surface area contributed by atoms with Crippen molar-refractivity contribution < 1.29 is 18.9 Å². The molecule has 2 aliphatic rings. The fourth-order valence-electron chi connectivity index (χ4n) is 5.64. The van der Waals surface area contributed by atoms with Gasteiger partial charge in [0, 0.05) is 36.2 Å². The van der Waals surface area contributed by atoms with Crippen molar-refractivity contribution in [2.75, 3.05) is 46.9 Å². The molecule has 3 atom stereocenters. The number of hydroxylamine groups is 3. The topological polar surface area (TPSA) is 74.2 Å². The first kappa shape index (κ1) is 28.1. The molecule has 2 aromatic rings. The first-order valence-electron chi connectivity index (χ1n) is 14.2. The quantitative estimate of drug-likeness (QED) is 0.277. The second-order valence-corrected chi connectivity index (χ2v) is 10.7. The number of hydrogen-bond donors (Lipinski definition) is 0. The summed E-state index contributed by atoms with van der Waals surface area (Å²) in [7, 11) is 3.39. The maximum Gasteiger partial charge on any atom is 0.253 e. The van der Waals surface area contributed by atoms with Crippen molar-refractivity contribution in [3.05, 3.63) is 63.9 Å². The van der Waals surface area contributed by atoms with E-state index in [1.54, 1.807) is 14.2 Å². The van der Waals surface area contributed by atoms with Crippen LogP contribution in [0.5, 0.6) is 11.5 Å². The Balaban J connectivity index is 1.70. The van der Waals surface area contributed by atoms with E-state index in [1.165, 1.54) is 0 Å². The molecule has 0 aliphatic carbocycles. The average molecular weight is 522 g/mol. The standard InChI is InChI=1S/C31H43N3O4/c1-6-9-16-33(17-10-7-2)31(35)23-13-11-22(12-14-23)30-25-20-28(37-5)29(38-8-3)19-24(25)26-21-34(4,36)18-15-27(26)32-30/h11-14,19-20,26-27H,6-10,15-18,21H2,1-5H3. The van der Waals surface area contributed by atoms with Gasteiger partial charge >= 0.3 is 0 Å². The normalized spacial score (nSPS) is 22.2. The minimum absolute atomic E-state index is 0.0293. The Bertz CT molecular complexity index is 1130. The van der Waals surface area contributed by atoms with E-state index < -0.39 is 0 Å². The van der Waals surface area contributed by atoms with E-state index in [-0.39, 0.29) is 22.5 Å². The van der Waals surface area contributed by atoms with Crippen molar-refractivity contribution in [2.45, 2.75) is 64.8 Å².